The zero-order valence-electron chi connectivity index (χ0n) is 14.8. The van der Waals surface area contributed by atoms with Crippen molar-refractivity contribution in [3.05, 3.63) is 81.7 Å². The molecule has 0 radical (unpaired) electrons. The number of ether oxygens (including phenoxy) is 1. The minimum Gasteiger partial charge on any atom is -0.451 e. The van der Waals surface area contributed by atoms with Gasteiger partial charge in [0.25, 0.3) is 5.91 Å². The van der Waals surface area contributed by atoms with Gasteiger partial charge in [0.15, 0.2) is 6.61 Å². The van der Waals surface area contributed by atoms with Crippen LogP contribution >= 0.6 is 11.3 Å². The SMILES string of the molecule is O=C(COC(=O)c1ccc([N+](=O)[O-])s1)Nc1ccc(N=Nc2ccccc2)cc1. The number of hydrogen-bond acceptors (Lipinski definition) is 8. The van der Waals surface area contributed by atoms with Gasteiger partial charge in [0.05, 0.1) is 16.3 Å². The zero-order valence-corrected chi connectivity index (χ0v) is 15.7. The first-order valence-corrected chi connectivity index (χ1v) is 9.11. The normalized spacial score (nSPS) is 10.6. The Kier molecular flexibility index (Phi) is 6.38. The number of nitrogens with one attached hydrogen (secondary N) is 1. The summed E-state index contributed by atoms with van der Waals surface area (Å²) in [5.74, 6) is -1.34. The molecule has 0 unspecified atom stereocenters. The molecule has 0 saturated carbocycles. The maximum atomic E-state index is 11.9. The van der Waals surface area contributed by atoms with Crippen LogP contribution in [0, 0.1) is 10.1 Å². The van der Waals surface area contributed by atoms with Crippen molar-refractivity contribution in [3.63, 3.8) is 0 Å². The van der Waals surface area contributed by atoms with Crippen LogP contribution in [0.15, 0.2) is 77.0 Å². The first kappa shape index (κ1) is 19.8. The second-order valence-corrected chi connectivity index (χ2v) is 6.66. The molecular weight excluding hydrogens is 396 g/mol. The van der Waals surface area contributed by atoms with Crippen molar-refractivity contribution in [2.75, 3.05) is 11.9 Å². The first-order chi connectivity index (χ1) is 14.0. The molecule has 0 fully saturated rings. The molecule has 2 aromatic carbocycles. The van der Waals surface area contributed by atoms with Crippen LogP contribution in [0.3, 0.4) is 0 Å². The maximum Gasteiger partial charge on any atom is 0.349 e. The van der Waals surface area contributed by atoms with Gasteiger partial charge in [-0.2, -0.15) is 10.2 Å². The number of esters is 1. The zero-order chi connectivity index (χ0) is 20.6. The van der Waals surface area contributed by atoms with Crippen molar-refractivity contribution >= 4 is 45.3 Å². The van der Waals surface area contributed by atoms with Crippen LogP contribution in [0.25, 0.3) is 0 Å². The molecule has 0 bridgehead atoms. The Morgan fingerprint density at radius 3 is 2.24 bits per heavy atom. The fraction of sp³-hybridized carbons (Fsp3) is 0.0526. The lowest BCUT2D eigenvalue weighted by atomic mass is 10.3. The third kappa shape index (κ3) is 5.78. The van der Waals surface area contributed by atoms with E-state index in [1.54, 1.807) is 24.3 Å². The highest BCUT2D eigenvalue weighted by atomic mass is 32.1. The number of nitro groups is 1. The molecule has 0 spiro atoms. The maximum absolute atomic E-state index is 11.9. The molecule has 3 aromatic rings. The summed E-state index contributed by atoms with van der Waals surface area (Å²) in [6.45, 7) is -0.514. The Hall–Kier alpha value is -3.92. The van der Waals surface area contributed by atoms with Crippen molar-refractivity contribution in [2.45, 2.75) is 0 Å². The molecule has 3 rings (SSSR count). The number of carbonyl (C=O) groups excluding carboxylic acids is 2. The highest BCUT2D eigenvalue weighted by Crippen LogP contribution is 2.24. The first-order valence-electron chi connectivity index (χ1n) is 8.29. The summed E-state index contributed by atoms with van der Waals surface area (Å²) < 4.78 is 4.87. The average Bonchev–Trinajstić information content (AvgIpc) is 3.23. The number of hydrogen-bond donors (Lipinski definition) is 1. The van der Waals surface area contributed by atoms with Gasteiger partial charge in [-0.3, -0.25) is 14.9 Å². The summed E-state index contributed by atoms with van der Waals surface area (Å²) in [4.78, 5) is 33.8. The Morgan fingerprint density at radius 2 is 1.62 bits per heavy atom. The van der Waals surface area contributed by atoms with Gasteiger partial charge < -0.3 is 10.1 Å². The van der Waals surface area contributed by atoms with E-state index in [1.807, 2.05) is 30.3 Å². The van der Waals surface area contributed by atoms with E-state index in [-0.39, 0.29) is 9.88 Å². The van der Waals surface area contributed by atoms with E-state index < -0.39 is 23.4 Å². The van der Waals surface area contributed by atoms with Gasteiger partial charge in [-0.05, 0) is 42.5 Å². The number of rotatable bonds is 7. The average molecular weight is 410 g/mol. The Morgan fingerprint density at radius 1 is 0.966 bits per heavy atom. The van der Waals surface area contributed by atoms with Crippen LogP contribution in [-0.2, 0) is 9.53 Å². The summed E-state index contributed by atoms with van der Waals surface area (Å²) in [6, 6.07) is 18.4. The van der Waals surface area contributed by atoms with E-state index in [4.69, 9.17) is 4.74 Å². The summed E-state index contributed by atoms with van der Waals surface area (Å²) in [6.07, 6.45) is 0. The topological polar surface area (TPSA) is 123 Å². The molecule has 10 heteroatoms. The lowest BCUT2D eigenvalue weighted by Crippen LogP contribution is -2.20. The Bertz CT molecular complexity index is 1050. The predicted molar refractivity (Wildman–Crippen MR) is 107 cm³/mol. The van der Waals surface area contributed by atoms with E-state index in [0.29, 0.717) is 22.7 Å². The fourth-order valence-corrected chi connectivity index (χ4v) is 2.87. The van der Waals surface area contributed by atoms with Crippen LogP contribution in [0.1, 0.15) is 9.67 Å². The molecule has 0 aliphatic heterocycles. The van der Waals surface area contributed by atoms with Gasteiger partial charge in [-0.1, -0.05) is 29.5 Å². The van der Waals surface area contributed by atoms with Crippen LogP contribution < -0.4 is 5.32 Å². The molecular formula is C19H14N4O5S. The van der Waals surface area contributed by atoms with E-state index in [0.717, 1.165) is 5.69 Å². The van der Waals surface area contributed by atoms with Crippen molar-refractivity contribution in [2.24, 2.45) is 10.2 Å². The molecule has 0 aliphatic rings. The Balaban J connectivity index is 1.49. The minimum atomic E-state index is -0.796. The van der Waals surface area contributed by atoms with Gasteiger partial charge in [0.2, 0.25) is 0 Å². The van der Waals surface area contributed by atoms with Gasteiger partial charge >= 0.3 is 11.0 Å². The standard InChI is InChI=1S/C19H14N4O5S/c24-17(12-28-19(25)16-10-11-18(29-16)23(26)27)20-13-6-8-15(9-7-13)22-21-14-4-2-1-3-5-14/h1-11H,12H2,(H,20,24). The van der Waals surface area contributed by atoms with E-state index >= 15 is 0 Å². The van der Waals surface area contributed by atoms with Crippen LogP contribution in [-0.4, -0.2) is 23.4 Å². The van der Waals surface area contributed by atoms with Crippen molar-refractivity contribution in [3.8, 4) is 0 Å². The van der Waals surface area contributed by atoms with Gasteiger partial charge in [-0.15, -0.1) is 0 Å². The summed E-state index contributed by atoms with van der Waals surface area (Å²) in [5, 5.41) is 21.2. The van der Waals surface area contributed by atoms with Crippen molar-refractivity contribution in [1.82, 2.24) is 0 Å². The van der Waals surface area contributed by atoms with E-state index in [1.165, 1.54) is 12.1 Å². The molecule has 1 aromatic heterocycles. The highest BCUT2D eigenvalue weighted by molar-refractivity contribution is 7.17. The lowest BCUT2D eigenvalue weighted by molar-refractivity contribution is -0.380. The van der Waals surface area contributed by atoms with Crippen LogP contribution in [0.4, 0.5) is 22.1 Å². The van der Waals surface area contributed by atoms with Crippen LogP contribution in [0.2, 0.25) is 0 Å². The molecule has 1 heterocycles. The largest absolute Gasteiger partial charge is 0.451 e. The number of carbonyl (C=O) groups is 2. The fourth-order valence-electron chi connectivity index (χ4n) is 2.16. The van der Waals surface area contributed by atoms with Gasteiger partial charge in [-0.25, -0.2) is 4.79 Å². The van der Waals surface area contributed by atoms with Crippen LogP contribution in [0.5, 0.6) is 0 Å². The summed E-state index contributed by atoms with van der Waals surface area (Å²) >= 11 is 0.685. The van der Waals surface area contributed by atoms with Crippen molar-refractivity contribution in [1.29, 1.82) is 0 Å². The molecule has 0 atom stereocenters. The van der Waals surface area contributed by atoms with Gasteiger partial charge in [0.1, 0.15) is 4.88 Å². The van der Waals surface area contributed by atoms with Gasteiger partial charge in [0, 0.05) is 11.8 Å². The smallest absolute Gasteiger partial charge is 0.349 e. The Labute approximate surface area is 168 Å². The number of anilines is 1. The second kappa shape index (κ2) is 9.33. The second-order valence-electron chi connectivity index (χ2n) is 5.60. The molecule has 146 valence electrons. The third-order valence-electron chi connectivity index (χ3n) is 3.50. The number of amides is 1. The highest BCUT2D eigenvalue weighted by Gasteiger charge is 2.17. The molecule has 9 nitrogen and oxygen atoms in total. The molecule has 0 aliphatic carbocycles. The molecule has 1 amide bonds. The quantitative estimate of drug-likeness (QED) is 0.258. The minimum absolute atomic E-state index is 0.0534. The number of nitrogens with zero attached hydrogens (tertiary/aromatic N) is 3. The monoisotopic (exact) mass is 410 g/mol. The summed E-state index contributed by atoms with van der Waals surface area (Å²) in [5.41, 5.74) is 1.83. The lowest BCUT2D eigenvalue weighted by Gasteiger charge is -2.06. The van der Waals surface area contributed by atoms with E-state index in [2.05, 4.69) is 15.5 Å². The van der Waals surface area contributed by atoms with E-state index in [9.17, 15) is 19.7 Å². The predicted octanol–water partition coefficient (Wildman–Crippen LogP) is 4.87. The number of thiophene rings is 1. The van der Waals surface area contributed by atoms with Crippen molar-refractivity contribution < 1.29 is 19.2 Å². The number of azo groups is 1. The summed E-state index contributed by atoms with van der Waals surface area (Å²) in [7, 11) is 0. The number of benzene rings is 2. The molecule has 0 saturated heterocycles. The third-order valence-corrected chi connectivity index (χ3v) is 4.51. The molecule has 29 heavy (non-hydrogen) atoms. The molecule has 1 N–H and O–H groups in total.